The maximum Gasteiger partial charge on any atom is 0.176 e. The number of nitroso groups, excluding NO2 is 1. The van der Waals surface area contributed by atoms with Gasteiger partial charge < -0.3 is 0 Å². The van der Waals surface area contributed by atoms with Crippen molar-refractivity contribution >= 4 is 5.78 Å². The summed E-state index contributed by atoms with van der Waals surface area (Å²) in [6, 6.07) is 2.41. The monoisotopic (exact) mass is 164 g/mol. The number of aromatic nitrogens is 1. The zero-order valence-corrected chi connectivity index (χ0v) is 6.60. The molecule has 1 aromatic heterocycles. The topological polar surface area (TPSA) is 59.4 Å². The Bertz CT molecular complexity index is 284. The highest BCUT2D eigenvalue weighted by Gasteiger charge is 2.16. The van der Waals surface area contributed by atoms with Crippen LogP contribution in [-0.2, 0) is 4.79 Å². The summed E-state index contributed by atoms with van der Waals surface area (Å²) in [6.45, 7) is 1.33. The zero-order valence-electron chi connectivity index (χ0n) is 6.60. The third kappa shape index (κ3) is 1.72. The van der Waals surface area contributed by atoms with E-state index in [4.69, 9.17) is 0 Å². The van der Waals surface area contributed by atoms with Crippen molar-refractivity contribution < 1.29 is 4.79 Å². The van der Waals surface area contributed by atoms with Gasteiger partial charge in [-0.1, -0.05) is 11.2 Å². The quantitative estimate of drug-likeness (QED) is 0.635. The highest BCUT2D eigenvalue weighted by molar-refractivity contribution is 5.82. The second-order valence-corrected chi connectivity index (χ2v) is 2.40. The predicted octanol–water partition coefficient (Wildman–Crippen LogP) is 1.48. The summed E-state index contributed by atoms with van der Waals surface area (Å²) in [5.41, 5.74) is 0.542. The molecule has 0 fully saturated rings. The third-order valence-electron chi connectivity index (χ3n) is 1.49. The summed E-state index contributed by atoms with van der Waals surface area (Å²) in [4.78, 5) is 24.9. The molecule has 1 heterocycles. The van der Waals surface area contributed by atoms with Crippen molar-refractivity contribution in [1.29, 1.82) is 0 Å². The molecule has 1 rings (SSSR count). The van der Waals surface area contributed by atoms with Gasteiger partial charge in [-0.05, 0) is 13.0 Å². The van der Waals surface area contributed by atoms with Crippen molar-refractivity contribution in [2.24, 2.45) is 5.18 Å². The predicted molar refractivity (Wildman–Crippen MR) is 43.5 cm³/mol. The van der Waals surface area contributed by atoms with Gasteiger partial charge in [0.25, 0.3) is 0 Å². The van der Waals surface area contributed by atoms with Crippen molar-refractivity contribution in [3.8, 4) is 0 Å². The van der Waals surface area contributed by atoms with Gasteiger partial charge in [-0.3, -0.25) is 9.78 Å². The lowest BCUT2D eigenvalue weighted by Gasteiger charge is -2.02. The molecular formula is C8H8N2O2. The normalized spacial score (nSPS) is 12.1. The van der Waals surface area contributed by atoms with E-state index < -0.39 is 6.04 Å². The zero-order chi connectivity index (χ0) is 8.97. The Balaban J connectivity index is 2.95. The minimum atomic E-state index is -0.904. The van der Waals surface area contributed by atoms with Crippen LogP contribution in [0.25, 0.3) is 0 Å². The van der Waals surface area contributed by atoms with Crippen LogP contribution in [0.5, 0.6) is 0 Å². The fourth-order valence-corrected chi connectivity index (χ4v) is 0.908. The number of ketones is 1. The van der Waals surface area contributed by atoms with Gasteiger partial charge in [0.2, 0.25) is 0 Å². The lowest BCUT2D eigenvalue weighted by atomic mass is 10.1. The highest BCUT2D eigenvalue weighted by Crippen LogP contribution is 2.15. The molecule has 0 aliphatic heterocycles. The van der Waals surface area contributed by atoms with E-state index in [0.29, 0.717) is 5.56 Å². The maximum atomic E-state index is 10.9. The molecule has 0 saturated carbocycles. The van der Waals surface area contributed by atoms with Crippen LogP contribution < -0.4 is 0 Å². The van der Waals surface area contributed by atoms with Gasteiger partial charge in [-0.15, -0.1) is 4.91 Å². The van der Waals surface area contributed by atoms with E-state index in [1.54, 1.807) is 18.3 Å². The average molecular weight is 164 g/mol. The Morgan fingerprint density at radius 2 is 2.42 bits per heavy atom. The van der Waals surface area contributed by atoms with Crippen LogP contribution in [-0.4, -0.2) is 10.8 Å². The Labute approximate surface area is 69.6 Å². The number of carbonyl (C=O) groups excluding carboxylic acids is 1. The SMILES string of the molecule is CC(=O)C(N=O)c1cccnc1. The summed E-state index contributed by atoms with van der Waals surface area (Å²) >= 11 is 0. The van der Waals surface area contributed by atoms with Gasteiger partial charge in [0.1, 0.15) is 0 Å². The lowest BCUT2D eigenvalue weighted by molar-refractivity contribution is -0.118. The van der Waals surface area contributed by atoms with E-state index in [1.165, 1.54) is 13.1 Å². The standard InChI is InChI=1S/C8H8N2O2/c1-6(11)8(10-12)7-3-2-4-9-5-7/h2-5,8H,1H3. The molecule has 12 heavy (non-hydrogen) atoms. The van der Waals surface area contributed by atoms with Gasteiger partial charge in [0.05, 0.1) is 0 Å². The lowest BCUT2D eigenvalue weighted by Crippen LogP contribution is -2.05. The Kier molecular flexibility index (Phi) is 2.63. The van der Waals surface area contributed by atoms with Crippen molar-refractivity contribution in [2.75, 3.05) is 0 Å². The van der Waals surface area contributed by atoms with E-state index >= 15 is 0 Å². The summed E-state index contributed by atoms with van der Waals surface area (Å²) in [7, 11) is 0. The number of Topliss-reactive ketones (excluding diaryl/α,β-unsaturated/α-hetero) is 1. The molecule has 1 atom stereocenters. The fraction of sp³-hybridized carbons (Fsp3) is 0.250. The van der Waals surface area contributed by atoms with Gasteiger partial charge in [0.15, 0.2) is 11.8 Å². The molecule has 4 nitrogen and oxygen atoms in total. The molecule has 0 amide bonds. The minimum Gasteiger partial charge on any atom is -0.297 e. The Morgan fingerprint density at radius 1 is 1.67 bits per heavy atom. The average Bonchev–Trinajstić information content (AvgIpc) is 2.07. The van der Waals surface area contributed by atoms with E-state index in [9.17, 15) is 9.70 Å². The molecule has 0 N–H and O–H groups in total. The molecule has 1 aromatic rings. The van der Waals surface area contributed by atoms with Crippen LogP contribution in [0.3, 0.4) is 0 Å². The number of hydrogen-bond acceptors (Lipinski definition) is 4. The molecule has 1 unspecified atom stereocenters. The number of hydrogen-bond donors (Lipinski definition) is 0. The minimum absolute atomic E-state index is 0.266. The first-order valence-corrected chi connectivity index (χ1v) is 3.48. The molecule has 0 aromatic carbocycles. The largest absolute Gasteiger partial charge is 0.297 e. The summed E-state index contributed by atoms with van der Waals surface area (Å²) in [5, 5.41) is 2.72. The Hall–Kier alpha value is -1.58. The highest BCUT2D eigenvalue weighted by atomic mass is 16.3. The first-order valence-electron chi connectivity index (χ1n) is 3.48. The molecule has 0 radical (unpaired) electrons. The van der Waals surface area contributed by atoms with E-state index in [1.807, 2.05) is 0 Å². The van der Waals surface area contributed by atoms with Gasteiger partial charge in [-0.25, -0.2) is 0 Å². The summed E-state index contributed by atoms with van der Waals surface area (Å²) in [5.74, 6) is -0.266. The number of nitrogens with zero attached hydrogens (tertiary/aromatic N) is 2. The van der Waals surface area contributed by atoms with Crippen molar-refractivity contribution in [3.63, 3.8) is 0 Å². The molecule has 0 aliphatic carbocycles. The van der Waals surface area contributed by atoms with Crippen LogP contribution in [0.1, 0.15) is 18.5 Å². The summed E-state index contributed by atoms with van der Waals surface area (Å²) in [6.07, 6.45) is 3.04. The van der Waals surface area contributed by atoms with E-state index in [-0.39, 0.29) is 5.78 Å². The van der Waals surface area contributed by atoms with E-state index in [0.717, 1.165) is 0 Å². The molecule has 0 spiro atoms. The fourth-order valence-electron chi connectivity index (χ4n) is 0.908. The van der Waals surface area contributed by atoms with Crippen LogP contribution in [0, 0.1) is 4.91 Å². The smallest absolute Gasteiger partial charge is 0.176 e. The second-order valence-electron chi connectivity index (χ2n) is 2.40. The first kappa shape index (κ1) is 8.52. The summed E-state index contributed by atoms with van der Waals surface area (Å²) < 4.78 is 0. The van der Waals surface area contributed by atoms with Crippen LogP contribution >= 0.6 is 0 Å². The van der Waals surface area contributed by atoms with Crippen LogP contribution in [0.4, 0.5) is 0 Å². The molecule has 4 heteroatoms. The molecule has 0 bridgehead atoms. The van der Waals surface area contributed by atoms with Gasteiger partial charge in [-0.2, -0.15) is 0 Å². The number of pyridine rings is 1. The first-order chi connectivity index (χ1) is 5.75. The molecule has 0 aliphatic rings. The molecule has 62 valence electrons. The van der Waals surface area contributed by atoms with Crippen LogP contribution in [0.15, 0.2) is 29.7 Å². The third-order valence-corrected chi connectivity index (χ3v) is 1.49. The van der Waals surface area contributed by atoms with Crippen LogP contribution in [0.2, 0.25) is 0 Å². The van der Waals surface area contributed by atoms with E-state index in [2.05, 4.69) is 10.2 Å². The van der Waals surface area contributed by atoms with Crippen molar-refractivity contribution in [3.05, 3.63) is 35.0 Å². The second kappa shape index (κ2) is 3.71. The van der Waals surface area contributed by atoms with Gasteiger partial charge in [0, 0.05) is 18.0 Å². The van der Waals surface area contributed by atoms with Gasteiger partial charge >= 0.3 is 0 Å². The number of rotatable bonds is 3. The van der Waals surface area contributed by atoms with Crippen molar-refractivity contribution in [1.82, 2.24) is 4.98 Å². The maximum absolute atomic E-state index is 10.9. The molecule has 0 saturated heterocycles. The Morgan fingerprint density at radius 3 is 2.83 bits per heavy atom. The molecular weight excluding hydrogens is 156 g/mol. The van der Waals surface area contributed by atoms with Crippen molar-refractivity contribution in [2.45, 2.75) is 13.0 Å². The number of carbonyl (C=O) groups is 1.